The Labute approximate surface area is 204 Å². The van der Waals surface area contributed by atoms with Gasteiger partial charge in [-0.05, 0) is 29.2 Å². The molecule has 0 aliphatic rings. The maximum Gasteiger partial charge on any atom is 0.408 e. The van der Waals surface area contributed by atoms with Gasteiger partial charge in [-0.2, -0.15) is 0 Å². The molecule has 0 fully saturated rings. The number of H-pyrrole nitrogens is 1. The van der Waals surface area contributed by atoms with Crippen molar-refractivity contribution in [3.63, 3.8) is 0 Å². The Morgan fingerprint density at radius 1 is 0.829 bits per heavy atom. The maximum absolute atomic E-state index is 13.2. The van der Waals surface area contributed by atoms with E-state index in [-0.39, 0.29) is 19.1 Å². The molecule has 7 heteroatoms. The second kappa shape index (κ2) is 11.9. The summed E-state index contributed by atoms with van der Waals surface area (Å²) in [5, 5.41) is 16.6. The first kappa shape index (κ1) is 24.0. The summed E-state index contributed by atoms with van der Waals surface area (Å²) in [6.07, 6.45) is 1.95. The minimum Gasteiger partial charge on any atom is -0.445 e. The van der Waals surface area contributed by atoms with E-state index in [1.807, 2.05) is 91.1 Å². The van der Waals surface area contributed by atoms with E-state index >= 15 is 0 Å². The SMILES string of the molecule is O=C(N[C@@H](Cc1ccccc1)C(=O)N[C@H](CO)Cc1c[nH]c2ccccc12)OCc1ccccc1. The number of rotatable bonds is 10. The number of benzene rings is 3. The lowest BCUT2D eigenvalue weighted by Gasteiger charge is -2.22. The third-order valence-corrected chi connectivity index (χ3v) is 5.81. The van der Waals surface area contributed by atoms with Crippen LogP contribution in [0.1, 0.15) is 16.7 Å². The first-order chi connectivity index (χ1) is 17.1. The molecule has 0 aliphatic heterocycles. The van der Waals surface area contributed by atoms with Gasteiger partial charge in [0.05, 0.1) is 12.6 Å². The van der Waals surface area contributed by atoms with Gasteiger partial charge in [0.15, 0.2) is 0 Å². The maximum atomic E-state index is 13.2. The van der Waals surface area contributed by atoms with Gasteiger partial charge < -0.3 is 25.5 Å². The number of carbonyl (C=O) groups excluding carboxylic acids is 2. The molecule has 0 aliphatic carbocycles. The first-order valence-corrected chi connectivity index (χ1v) is 11.6. The van der Waals surface area contributed by atoms with Gasteiger partial charge in [0.25, 0.3) is 0 Å². The Balaban J connectivity index is 1.42. The highest BCUT2D eigenvalue weighted by Gasteiger charge is 2.25. The molecule has 35 heavy (non-hydrogen) atoms. The normalized spacial score (nSPS) is 12.6. The smallest absolute Gasteiger partial charge is 0.408 e. The van der Waals surface area contributed by atoms with Gasteiger partial charge in [-0.1, -0.05) is 78.9 Å². The highest BCUT2D eigenvalue weighted by atomic mass is 16.5. The van der Waals surface area contributed by atoms with Gasteiger partial charge in [-0.25, -0.2) is 4.79 Å². The van der Waals surface area contributed by atoms with Gasteiger partial charge in [0.1, 0.15) is 12.6 Å². The van der Waals surface area contributed by atoms with E-state index in [0.717, 1.165) is 27.6 Å². The summed E-state index contributed by atoms with van der Waals surface area (Å²) in [4.78, 5) is 28.9. The lowest BCUT2D eigenvalue weighted by atomic mass is 10.0. The fourth-order valence-corrected chi connectivity index (χ4v) is 4.00. The fraction of sp³-hybridized carbons (Fsp3) is 0.214. The molecule has 2 atom stereocenters. The van der Waals surface area contributed by atoms with Crippen LogP contribution in [0.2, 0.25) is 0 Å². The van der Waals surface area contributed by atoms with Crippen molar-refractivity contribution in [3.05, 3.63) is 108 Å². The van der Waals surface area contributed by atoms with E-state index in [4.69, 9.17) is 4.74 Å². The molecule has 180 valence electrons. The number of aromatic amines is 1. The molecule has 4 N–H and O–H groups in total. The predicted octanol–water partition coefficient (Wildman–Crippen LogP) is 3.73. The van der Waals surface area contributed by atoms with Gasteiger partial charge >= 0.3 is 6.09 Å². The highest BCUT2D eigenvalue weighted by molar-refractivity contribution is 5.86. The molecule has 1 heterocycles. The van der Waals surface area contributed by atoms with Gasteiger partial charge in [0.2, 0.25) is 5.91 Å². The Morgan fingerprint density at radius 2 is 1.49 bits per heavy atom. The second-order valence-electron chi connectivity index (χ2n) is 8.40. The molecule has 0 unspecified atom stereocenters. The van der Waals surface area contributed by atoms with E-state index in [9.17, 15) is 14.7 Å². The van der Waals surface area contributed by atoms with Crippen molar-refractivity contribution in [1.29, 1.82) is 0 Å². The van der Waals surface area contributed by atoms with Crippen LogP contribution in [0, 0.1) is 0 Å². The third-order valence-electron chi connectivity index (χ3n) is 5.81. The van der Waals surface area contributed by atoms with E-state index in [1.54, 1.807) is 0 Å². The average Bonchev–Trinajstić information content (AvgIpc) is 3.30. The Kier molecular flexibility index (Phi) is 8.14. The molecule has 3 aromatic carbocycles. The zero-order valence-corrected chi connectivity index (χ0v) is 19.3. The van der Waals surface area contributed by atoms with Crippen molar-refractivity contribution in [2.75, 3.05) is 6.61 Å². The molecule has 0 bridgehead atoms. The number of hydrogen-bond donors (Lipinski definition) is 4. The number of ether oxygens (including phenoxy) is 1. The number of aliphatic hydroxyl groups is 1. The van der Waals surface area contributed by atoms with Crippen LogP contribution in [0.15, 0.2) is 91.1 Å². The van der Waals surface area contributed by atoms with Crippen molar-refractivity contribution in [3.8, 4) is 0 Å². The number of nitrogens with one attached hydrogen (secondary N) is 3. The van der Waals surface area contributed by atoms with E-state index < -0.39 is 18.2 Å². The summed E-state index contributed by atoms with van der Waals surface area (Å²) in [6, 6.07) is 25.3. The molecular formula is C28H29N3O4. The molecule has 0 spiro atoms. The van der Waals surface area contributed by atoms with Crippen LogP contribution in [0.25, 0.3) is 10.9 Å². The van der Waals surface area contributed by atoms with Crippen LogP contribution in [0.3, 0.4) is 0 Å². The quantitative estimate of drug-likeness (QED) is 0.283. The topological polar surface area (TPSA) is 103 Å². The largest absolute Gasteiger partial charge is 0.445 e. The Bertz CT molecular complexity index is 1240. The lowest BCUT2D eigenvalue weighted by Crippen LogP contribution is -2.52. The molecule has 0 saturated heterocycles. The zero-order valence-electron chi connectivity index (χ0n) is 19.3. The number of aromatic nitrogens is 1. The lowest BCUT2D eigenvalue weighted by molar-refractivity contribution is -0.124. The number of carbonyl (C=O) groups is 2. The molecule has 2 amide bonds. The third kappa shape index (κ3) is 6.71. The van der Waals surface area contributed by atoms with Crippen molar-refractivity contribution < 1.29 is 19.4 Å². The predicted molar refractivity (Wildman–Crippen MR) is 135 cm³/mol. The van der Waals surface area contributed by atoms with Crippen LogP contribution >= 0.6 is 0 Å². The van der Waals surface area contributed by atoms with Crippen LogP contribution in [0.5, 0.6) is 0 Å². The number of amides is 2. The number of hydrogen-bond acceptors (Lipinski definition) is 4. The number of aliphatic hydroxyl groups excluding tert-OH is 1. The monoisotopic (exact) mass is 471 g/mol. The molecule has 7 nitrogen and oxygen atoms in total. The summed E-state index contributed by atoms with van der Waals surface area (Å²) in [7, 11) is 0. The minimum atomic E-state index is -0.863. The zero-order chi connectivity index (χ0) is 24.5. The van der Waals surface area contributed by atoms with Crippen LogP contribution in [-0.2, 0) is 29.0 Å². The van der Waals surface area contributed by atoms with E-state index in [1.165, 1.54) is 0 Å². The van der Waals surface area contributed by atoms with Gasteiger partial charge in [0, 0.05) is 23.5 Å². The summed E-state index contributed by atoms with van der Waals surface area (Å²) >= 11 is 0. The van der Waals surface area contributed by atoms with Gasteiger partial charge in [-0.3, -0.25) is 4.79 Å². The summed E-state index contributed by atoms with van der Waals surface area (Å²) in [5.41, 5.74) is 3.74. The number of alkyl carbamates (subject to hydrolysis) is 1. The minimum absolute atomic E-state index is 0.103. The van der Waals surface area contributed by atoms with Crippen LogP contribution < -0.4 is 10.6 Å². The van der Waals surface area contributed by atoms with E-state index in [0.29, 0.717) is 12.8 Å². The standard InChI is InChI=1S/C28H29N3O4/c32-18-23(16-22-17-29-25-14-8-7-13-24(22)25)30-27(33)26(15-20-9-3-1-4-10-20)31-28(34)35-19-21-11-5-2-6-12-21/h1-14,17,23,26,29,32H,15-16,18-19H2,(H,30,33)(H,31,34)/t23-,26-/m0/s1. The fourth-order valence-electron chi connectivity index (χ4n) is 4.00. The second-order valence-corrected chi connectivity index (χ2v) is 8.40. The first-order valence-electron chi connectivity index (χ1n) is 11.6. The number of para-hydroxylation sites is 1. The molecule has 0 radical (unpaired) electrons. The van der Waals surface area contributed by atoms with Gasteiger partial charge in [-0.15, -0.1) is 0 Å². The molecule has 0 saturated carbocycles. The number of fused-ring (bicyclic) bond motifs is 1. The average molecular weight is 472 g/mol. The van der Waals surface area contributed by atoms with Crippen molar-refractivity contribution in [2.24, 2.45) is 0 Å². The van der Waals surface area contributed by atoms with Crippen molar-refractivity contribution in [1.82, 2.24) is 15.6 Å². The summed E-state index contributed by atoms with van der Waals surface area (Å²) in [6.45, 7) is -0.131. The molecule has 4 aromatic rings. The summed E-state index contributed by atoms with van der Waals surface area (Å²) < 4.78 is 5.33. The molecule has 4 rings (SSSR count). The molecular weight excluding hydrogens is 442 g/mol. The van der Waals surface area contributed by atoms with Crippen molar-refractivity contribution in [2.45, 2.75) is 31.5 Å². The Hall–Kier alpha value is -4.10. The molecule has 1 aromatic heterocycles. The van der Waals surface area contributed by atoms with Crippen LogP contribution in [-0.4, -0.2) is 40.8 Å². The van der Waals surface area contributed by atoms with Crippen molar-refractivity contribution >= 4 is 22.9 Å². The van der Waals surface area contributed by atoms with E-state index in [2.05, 4.69) is 15.6 Å². The summed E-state index contributed by atoms with van der Waals surface area (Å²) in [5.74, 6) is -0.385. The van der Waals surface area contributed by atoms with Crippen LogP contribution in [0.4, 0.5) is 4.79 Å². The highest BCUT2D eigenvalue weighted by Crippen LogP contribution is 2.19. The Morgan fingerprint density at radius 3 is 2.20 bits per heavy atom.